The van der Waals surface area contributed by atoms with Crippen LogP contribution in [0.4, 0.5) is 10.5 Å². The molecule has 2 aromatic rings. The van der Waals surface area contributed by atoms with Gasteiger partial charge >= 0.3 is 6.03 Å². The summed E-state index contributed by atoms with van der Waals surface area (Å²) in [5, 5.41) is 2.62. The van der Waals surface area contributed by atoms with Gasteiger partial charge in [-0.15, -0.1) is 0 Å². The van der Waals surface area contributed by atoms with Crippen molar-refractivity contribution in [2.75, 3.05) is 11.4 Å². The van der Waals surface area contributed by atoms with E-state index in [4.69, 9.17) is 0 Å². The third-order valence-electron chi connectivity index (χ3n) is 5.02. The number of carbonyl (C=O) groups excluding carboxylic acids is 3. The molecular weight excluding hydrogens is 372 g/mol. The van der Waals surface area contributed by atoms with E-state index in [2.05, 4.69) is 10.3 Å². The van der Waals surface area contributed by atoms with Gasteiger partial charge in [-0.05, 0) is 51.5 Å². The summed E-state index contributed by atoms with van der Waals surface area (Å²) in [6, 6.07) is 7.84. The molecule has 3 rings (SSSR count). The van der Waals surface area contributed by atoms with Crippen LogP contribution in [-0.4, -0.2) is 40.3 Å². The van der Waals surface area contributed by atoms with Crippen molar-refractivity contribution in [2.45, 2.75) is 40.3 Å². The Morgan fingerprint density at radius 3 is 2.38 bits per heavy atom. The van der Waals surface area contributed by atoms with Crippen molar-refractivity contribution in [1.82, 2.24) is 15.2 Å². The summed E-state index contributed by atoms with van der Waals surface area (Å²) < 4.78 is 0. The average Bonchev–Trinajstić information content (AvgIpc) is 2.85. The van der Waals surface area contributed by atoms with Crippen LogP contribution in [0, 0.1) is 20.8 Å². The monoisotopic (exact) mass is 396 g/mol. The number of imide groups is 1. The van der Waals surface area contributed by atoms with E-state index in [1.165, 1.54) is 4.90 Å². The smallest absolute Gasteiger partial charge is 0.332 e. The van der Waals surface area contributed by atoms with Crippen LogP contribution in [0.25, 0.3) is 0 Å². The van der Waals surface area contributed by atoms with Gasteiger partial charge in [0, 0.05) is 23.5 Å². The minimum absolute atomic E-state index is 0.0216. The summed E-state index contributed by atoms with van der Waals surface area (Å²) in [5.74, 6) is -0.945. The Balaban J connectivity index is 1.69. The number of urea groups is 1. The Hall–Kier alpha value is -3.42. The predicted octanol–water partition coefficient (Wildman–Crippen LogP) is 1.77. The minimum atomic E-state index is -0.694. The van der Waals surface area contributed by atoms with Gasteiger partial charge in [0.25, 0.3) is 11.5 Å². The van der Waals surface area contributed by atoms with Crippen molar-refractivity contribution in [3.63, 3.8) is 0 Å². The van der Waals surface area contributed by atoms with Gasteiger partial charge in [0.05, 0.1) is 0 Å². The second-order valence-corrected chi connectivity index (χ2v) is 7.31. The van der Waals surface area contributed by atoms with Crippen molar-refractivity contribution >= 4 is 23.5 Å². The van der Waals surface area contributed by atoms with Crippen LogP contribution in [0.2, 0.25) is 0 Å². The number of nitrogens with one attached hydrogen (secondary N) is 2. The van der Waals surface area contributed by atoms with Gasteiger partial charge in [0.2, 0.25) is 5.91 Å². The molecular formula is C21H24N4O4. The molecule has 1 atom stereocenters. The van der Waals surface area contributed by atoms with Gasteiger partial charge in [-0.3, -0.25) is 24.2 Å². The van der Waals surface area contributed by atoms with Gasteiger partial charge in [0.1, 0.15) is 12.6 Å². The lowest BCUT2D eigenvalue weighted by molar-refractivity contribution is -0.131. The summed E-state index contributed by atoms with van der Waals surface area (Å²) in [7, 11) is 0. The number of hydrogen-bond donors (Lipinski definition) is 2. The Bertz CT molecular complexity index is 1030. The number of H-pyrrole nitrogens is 1. The third-order valence-corrected chi connectivity index (χ3v) is 5.02. The van der Waals surface area contributed by atoms with Gasteiger partial charge in [-0.1, -0.05) is 17.7 Å². The highest BCUT2D eigenvalue weighted by Gasteiger charge is 2.43. The molecule has 1 saturated heterocycles. The van der Waals surface area contributed by atoms with E-state index >= 15 is 0 Å². The lowest BCUT2D eigenvalue weighted by Crippen LogP contribution is -2.41. The first-order valence-corrected chi connectivity index (χ1v) is 9.36. The van der Waals surface area contributed by atoms with Crippen molar-refractivity contribution in [2.24, 2.45) is 0 Å². The van der Waals surface area contributed by atoms with Crippen LogP contribution in [0.15, 0.2) is 35.1 Å². The van der Waals surface area contributed by atoms with Crippen molar-refractivity contribution in [3.05, 3.63) is 63.1 Å². The molecule has 2 N–H and O–H groups in total. The first-order chi connectivity index (χ1) is 13.7. The van der Waals surface area contributed by atoms with Gasteiger partial charge < -0.3 is 10.3 Å². The van der Waals surface area contributed by atoms with Crippen LogP contribution < -0.4 is 15.8 Å². The van der Waals surface area contributed by atoms with Crippen LogP contribution in [0.5, 0.6) is 0 Å². The van der Waals surface area contributed by atoms with E-state index < -0.39 is 30.4 Å². The van der Waals surface area contributed by atoms with Crippen LogP contribution in [0.1, 0.15) is 29.3 Å². The van der Waals surface area contributed by atoms with Gasteiger partial charge in [-0.2, -0.15) is 0 Å². The normalized spacial score (nSPS) is 16.5. The second-order valence-electron chi connectivity index (χ2n) is 7.31. The van der Waals surface area contributed by atoms with Crippen LogP contribution in [-0.2, 0) is 16.1 Å². The van der Waals surface area contributed by atoms with E-state index in [0.29, 0.717) is 11.3 Å². The quantitative estimate of drug-likeness (QED) is 0.752. The molecule has 29 heavy (non-hydrogen) atoms. The van der Waals surface area contributed by atoms with E-state index in [1.54, 1.807) is 32.9 Å². The molecule has 2 heterocycles. The van der Waals surface area contributed by atoms with Crippen molar-refractivity contribution in [1.29, 1.82) is 0 Å². The fourth-order valence-corrected chi connectivity index (χ4v) is 3.40. The number of aryl methyl sites for hydroxylation is 3. The van der Waals surface area contributed by atoms with Crippen LogP contribution >= 0.6 is 0 Å². The predicted molar refractivity (Wildman–Crippen MR) is 109 cm³/mol. The first kappa shape index (κ1) is 20.3. The number of anilines is 1. The van der Waals surface area contributed by atoms with E-state index in [9.17, 15) is 19.2 Å². The molecule has 0 radical (unpaired) electrons. The molecule has 1 aliphatic rings. The Morgan fingerprint density at radius 2 is 1.76 bits per heavy atom. The maximum Gasteiger partial charge on any atom is 0.332 e. The highest BCUT2D eigenvalue weighted by atomic mass is 16.2. The number of pyridine rings is 1. The molecule has 1 aromatic heterocycles. The van der Waals surface area contributed by atoms with Crippen molar-refractivity contribution < 1.29 is 14.4 Å². The number of aromatic nitrogens is 1. The molecule has 1 aromatic carbocycles. The Morgan fingerprint density at radius 1 is 1.10 bits per heavy atom. The number of amides is 4. The first-order valence-electron chi connectivity index (χ1n) is 9.36. The van der Waals surface area contributed by atoms with Gasteiger partial charge in [0.15, 0.2) is 0 Å². The number of aromatic amines is 1. The number of benzene rings is 1. The largest absolute Gasteiger partial charge is 0.350 e. The molecule has 0 bridgehead atoms. The van der Waals surface area contributed by atoms with Crippen molar-refractivity contribution in [3.8, 4) is 0 Å². The molecule has 4 amide bonds. The zero-order chi connectivity index (χ0) is 21.3. The van der Waals surface area contributed by atoms with Crippen LogP contribution in [0.3, 0.4) is 0 Å². The molecule has 0 saturated carbocycles. The molecule has 1 unspecified atom stereocenters. The molecule has 1 aliphatic heterocycles. The topological polar surface area (TPSA) is 103 Å². The maximum absolute atomic E-state index is 12.8. The minimum Gasteiger partial charge on any atom is -0.350 e. The van der Waals surface area contributed by atoms with E-state index in [0.717, 1.165) is 21.7 Å². The third kappa shape index (κ3) is 4.06. The molecule has 0 aliphatic carbocycles. The van der Waals surface area contributed by atoms with Gasteiger partial charge in [-0.25, -0.2) is 4.79 Å². The standard InChI is InChI=1S/C21H24N4O4/c1-12-5-7-16(8-6-12)25-15(4)20(28)24(21(25)29)11-18(26)22-10-17-13(2)9-14(3)23-19(17)27/h5-9,15H,10-11H2,1-4H3,(H,22,26)(H,23,27). The fourth-order valence-electron chi connectivity index (χ4n) is 3.40. The zero-order valence-electron chi connectivity index (χ0n) is 16.9. The SMILES string of the molecule is Cc1ccc(N2C(=O)N(CC(=O)NCc3c(C)cc(C)[nH]c3=O)C(=O)C2C)cc1. The number of carbonyl (C=O) groups is 3. The summed E-state index contributed by atoms with van der Waals surface area (Å²) in [4.78, 5) is 54.7. The Kier molecular flexibility index (Phi) is 5.54. The highest BCUT2D eigenvalue weighted by Crippen LogP contribution is 2.25. The second kappa shape index (κ2) is 7.90. The summed E-state index contributed by atoms with van der Waals surface area (Å²) in [6.45, 7) is 6.76. The summed E-state index contributed by atoms with van der Waals surface area (Å²) in [6.07, 6.45) is 0. The molecule has 152 valence electrons. The molecule has 8 nitrogen and oxygen atoms in total. The Labute approximate surface area is 168 Å². The summed E-state index contributed by atoms with van der Waals surface area (Å²) >= 11 is 0. The average molecular weight is 396 g/mol. The molecule has 0 spiro atoms. The van der Waals surface area contributed by atoms with E-state index in [1.807, 2.05) is 25.1 Å². The fraction of sp³-hybridized carbons (Fsp3) is 0.333. The number of rotatable bonds is 5. The number of hydrogen-bond acceptors (Lipinski definition) is 4. The van der Waals surface area contributed by atoms with E-state index in [-0.39, 0.29) is 12.1 Å². The maximum atomic E-state index is 12.8. The molecule has 8 heteroatoms. The molecule has 1 fully saturated rings. The highest BCUT2D eigenvalue weighted by molar-refractivity contribution is 6.15. The summed E-state index contributed by atoms with van der Waals surface area (Å²) in [5.41, 5.74) is 3.32. The number of nitrogens with zero attached hydrogens (tertiary/aromatic N) is 2. The lowest BCUT2D eigenvalue weighted by atomic mass is 10.1. The zero-order valence-corrected chi connectivity index (χ0v) is 16.9. The lowest BCUT2D eigenvalue weighted by Gasteiger charge is -2.19.